The van der Waals surface area contributed by atoms with Gasteiger partial charge in [0.2, 0.25) is 0 Å². The zero-order chi connectivity index (χ0) is 13.6. The van der Waals surface area contributed by atoms with Crippen LogP contribution in [-0.4, -0.2) is 36.8 Å². The Morgan fingerprint density at radius 1 is 1.33 bits per heavy atom. The summed E-state index contributed by atoms with van der Waals surface area (Å²) in [6.45, 7) is 0. The maximum Gasteiger partial charge on any atom is 0.393 e. The summed E-state index contributed by atoms with van der Waals surface area (Å²) in [4.78, 5) is 4.74. The molecular weight excluding hydrogens is 263 g/mol. The second kappa shape index (κ2) is 7.26. The van der Waals surface area contributed by atoms with Crippen molar-refractivity contribution in [2.24, 2.45) is 11.1 Å². The summed E-state index contributed by atoms with van der Waals surface area (Å²) in [5.74, 6) is 1.76. The van der Waals surface area contributed by atoms with Crippen molar-refractivity contribution in [3.05, 3.63) is 0 Å². The average molecular weight is 284 g/mol. The lowest BCUT2D eigenvalue weighted by Gasteiger charge is -2.21. The van der Waals surface area contributed by atoms with Gasteiger partial charge in [-0.1, -0.05) is 5.16 Å². The van der Waals surface area contributed by atoms with Gasteiger partial charge in [0.1, 0.15) is 18.6 Å². The predicted molar refractivity (Wildman–Crippen MR) is 70.1 cm³/mol. The van der Waals surface area contributed by atoms with E-state index in [0.717, 1.165) is 37.1 Å². The van der Waals surface area contributed by atoms with Gasteiger partial charge in [-0.3, -0.25) is 0 Å². The molecule has 0 aromatic heterocycles. The third-order valence-electron chi connectivity index (χ3n) is 3.16. The molecule has 0 aliphatic heterocycles. The van der Waals surface area contributed by atoms with Crippen molar-refractivity contribution in [1.82, 2.24) is 0 Å². The molecule has 6 heteroatoms. The first-order chi connectivity index (χ1) is 8.40. The molecule has 0 spiro atoms. The van der Waals surface area contributed by atoms with Crippen LogP contribution in [0.2, 0.25) is 0 Å². The maximum atomic E-state index is 12.1. The van der Waals surface area contributed by atoms with Crippen molar-refractivity contribution in [3.8, 4) is 0 Å². The van der Waals surface area contributed by atoms with E-state index < -0.39 is 12.6 Å². The van der Waals surface area contributed by atoms with Crippen LogP contribution in [0.3, 0.4) is 0 Å². The summed E-state index contributed by atoms with van der Waals surface area (Å²) in [6.07, 6.45) is 1.22. The van der Waals surface area contributed by atoms with E-state index in [9.17, 15) is 13.2 Å². The molecule has 1 rings (SSSR count). The van der Waals surface area contributed by atoms with Gasteiger partial charge in [0.15, 0.2) is 0 Å². The summed E-state index contributed by atoms with van der Waals surface area (Å²) in [6, 6.07) is 0. The second-order valence-corrected chi connectivity index (χ2v) is 7.11. The molecule has 0 aromatic rings. The molecule has 1 aliphatic rings. The molecule has 0 radical (unpaired) electrons. The molecule has 1 fully saturated rings. The van der Waals surface area contributed by atoms with Crippen LogP contribution < -0.4 is 0 Å². The largest absolute Gasteiger partial charge is 0.399 e. The molecule has 0 N–H and O–H groups in total. The van der Waals surface area contributed by atoms with E-state index in [0.29, 0.717) is 5.92 Å². The third-order valence-corrected chi connectivity index (χ3v) is 5.10. The number of alkyl halides is 3. The molecular formula is C12H21F3NOS+. The van der Waals surface area contributed by atoms with E-state index in [4.69, 9.17) is 4.84 Å². The summed E-state index contributed by atoms with van der Waals surface area (Å²) >= 11 is 0. The summed E-state index contributed by atoms with van der Waals surface area (Å²) in [5.41, 5.74) is 1.08. The zero-order valence-electron chi connectivity index (χ0n) is 10.9. The number of halogens is 3. The average Bonchev–Trinajstić information content (AvgIpc) is 2.29. The van der Waals surface area contributed by atoms with E-state index in [1.165, 1.54) is 0 Å². The maximum absolute atomic E-state index is 12.1. The lowest BCUT2D eigenvalue weighted by Crippen LogP contribution is -2.25. The predicted octanol–water partition coefficient (Wildman–Crippen LogP) is 3.38. The Labute approximate surface area is 109 Å². The third kappa shape index (κ3) is 6.52. The van der Waals surface area contributed by atoms with Gasteiger partial charge in [0.25, 0.3) is 0 Å². The molecule has 0 heterocycles. The Kier molecular flexibility index (Phi) is 6.32. The monoisotopic (exact) mass is 284 g/mol. The SMILES string of the molecule is CON=C1CCC(C[S+](C)CCC(F)(F)F)CC1. The molecule has 106 valence electrons. The molecule has 0 aromatic carbocycles. The molecule has 1 unspecified atom stereocenters. The Morgan fingerprint density at radius 3 is 2.44 bits per heavy atom. The van der Waals surface area contributed by atoms with Crippen molar-refractivity contribution in [2.75, 3.05) is 24.9 Å². The fourth-order valence-corrected chi connectivity index (χ4v) is 4.06. The van der Waals surface area contributed by atoms with Gasteiger partial charge in [-0.2, -0.15) is 13.2 Å². The molecule has 0 amide bonds. The van der Waals surface area contributed by atoms with E-state index in [-0.39, 0.29) is 16.6 Å². The van der Waals surface area contributed by atoms with Crippen LogP contribution in [-0.2, 0) is 15.7 Å². The highest BCUT2D eigenvalue weighted by Crippen LogP contribution is 2.26. The molecule has 2 nitrogen and oxygen atoms in total. The first-order valence-corrected chi connectivity index (χ1v) is 8.12. The number of hydrogen-bond donors (Lipinski definition) is 0. The minimum atomic E-state index is -4.01. The van der Waals surface area contributed by atoms with Gasteiger partial charge < -0.3 is 4.84 Å². The molecule has 1 atom stereocenters. The summed E-state index contributed by atoms with van der Waals surface area (Å²) < 4.78 is 36.3. The lowest BCUT2D eigenvalue weighted by molar-refractivity contribution is -0.129. The highest BCUT2D eigenvalue weighted by atomic mass is 32.2. The van der Waals surface area contributed by atoms with E-state index in [2.05, 4.69) is 5.16 Å². The standard InChI is InChI=1S/C12H21F3NOS/c1-17-16-11-5-3-10(4-6-11)9-18(2)8-7-12(13,14)15/h10H,3-9H2,1-2H3/q+1. The van der Waals surface area contributed by atoms with Crippen molar-refractivity contribution in [3.63, 3.8) is 0 Å². The molecule has 0 saturated heterocycles. The van der Waals surface area contributed by atoms with Gasteiger partial charge in [0.05, 0.1) is 18.4 Å². The van der Waals surface area contributed by atoms with Crippen molar-refractivity contribution in [1.29, 1.82) is 0 Å². The summed E-state index contributed by atoms with van der Waals surface area (Å²) in [5, 5.41) is 3.94. The van der Waals surface area contributed by atoms with Crippen molar-refractivity contribution < 1.29 is 18.0 Å². The number of rotatable bonds is 5. The minimum Gasteiger partial charge on any atom is -0.399 e. The highest BCUT2D eigenvalue weighted by molar-refractivity contribution is 7.96. The van der Waals surface area contributed by atoms with Crippen LogP contribution in [0, 0.1) is 5.92 Å². The molecule has 0 bridgehead atoms. The minimum absolute atomic E-state index is 0.120. The molecule has 18 heavy (non-hydrogen) atoms. The van der Waals surface area contributed by atoms with Crippen LogP contribution >= 0.6 is 0 Å². The fourth-order valence-electron chi connectivity index (χ4n) is 2.17. The molecule has 1 saturated carbocycles. The Hall–Kier alpha value is -0.390. The Morgan fingerprint density at radius 2 is 1.94 bits per heavy atom. The lowest BCUT2D eigenvalue weighted by atomic mass is 9.89. The van der Waals surface area contributed by atoms with Gasteiger partial charge >= 0.3 is 6.18 Å². The van der Waals surface area contributed by atoms with Crippen LogP contribution in [0.1, 0.15) is 32.1 Å². The normalized spacial score (nSPS) is 22.7. The topological polar surface area (TPSA) is 21.6 Å². The smallest absolute Gasteiger partial charge is 0.393 e. The van der Waals surface area contributed by atoms with Crippen LogP contribution in [0.4, 0.5) is 13.2 Å². The van der Waals surface area contributed by atoms with E-state index >= 15 is 0 Å². The van der Waals surface area contributed by atoms with Gasteiger partial charge in [-0.15, -0.1) is 0 Å². The van der Waals surface area contributed by atoms with Gasteiger partial charge in [0, 0.05) is 5.92 Å². The Bertz CT molecular complexity index is 271. The number of nitrogens with zero attached hydrogens (tertiary/aromatic N) is 1. The van der Waals surface area contributed by atoms with Gasteiger partial charge in [-0.05, 0) is 36.6 Å². The fraction of sp³-hybridized carbons (Fsp3) is 0.917. The van der Waals surface area contributed by atoms with Crippen LogP contribution in [0.25, 0.3) is 0 Å². The number of oxime groups is 1. The zero-order valence-corrected chi connectivity index (χ0v) is 11.7. The van der Waals surface area contributed by atoms with Crippen LogP contribution in [0.15, 0.2) is 5.16 Å². The van der Waals surface area contributed by atoms with Crippen molar-refractivity contribution in [2.45, 2.75) is 38.3 Å². The van der Waals surface area contributed by atoms with Gasteiger partial charge in [-0.25, -0.2) is 0 Å². The van der Waals surface area contributed by atoms with E-state index in [1.54, 1.807) is 7.11 Å². The first-order valence-electron chi connectivity index (χ1n) is 6.15. The first kappa shape index (κ1) is 15.7. The number of hydrogen-bond acceptors (Lipinski definition) is 2. The van der Waals surface area contributed by atoms with Crippen LogP contribution in [0.5, 0.6) is 0 Å². The quantitative estimate of drug-likeness (QED) is 0.560. The van der Waals surface area contributed by atoms with Crippen molar-refractivity contribution >= 4 is 16.6 Å². The molecule has 1 aliphatic carbocycles. The van der Waals surface area contributed by atoms with E-state index in [1.807, 2.05) is 6.26 Å². The highest BCUT2D eigenvalue weighted by Gasteiger charge is 2.32. The summed E-state index contributed by atoms with van der Waals surface area (Å²) in [7, 11) is 1.42. The second-order valence-electron chi connectivity index (χ2n) is 4.80. The Balaban J connectivity index is 2.22.